The van der Waals surface area contributed by atoms with Crippen molar-refractivity contribution in [3.05, 3.63) is 83.4 Å². The standard InChI is InChI=1S/C36H41F5O4/c1-4-6-8-10-12-24(3)44-34(42)29-20-18-27(22-31(29)37)25-14-16-26(17-15-25)28-19-21-30(32(38)23-28)35(43)45-33(36(39,40)41)13-11-9-7-5-2/h14-24,33H,4-13H2,1-3H3/t24-,33+/m1/s1. The van der Waals surface area contributed by atoms with Gasteiger partial charge in [0.05, 0.1) is 17.2 Å². The van der Waals surface area contributed by atoms with Crippen molar-refractivity contribution in [2.24, 2.45) is 0 Å². The molecule has 0 aliphatic carbocycles. The van der Waals surface area contributed by atoms with Crippen LogP contribution < -0.4 is 0 Å². The molecule has 244 valence electrons. The SMILES string of the molecule is CCCCCC[C@@H](C)OC(=O)c1ccc(-c2ccc(-c3ccc(C(=O)O[C@@H](CCCCCC)C(F)(F)F)c(F)c3)cc2)cc1F. The van der Waals surface area contributed by atoms with Gasteiger partial charge in [0.1, 0.15) is 11.6 Å². The lowest BCUT2D eigenvalue weighted by atomic mass is 9.98. The third kappa shape index (κ3) is 10.7. The lowest BCUT2D eigenvalue weighted by Crippen LogP contribution is -2.34. The Hall–Kier alpha value is -3.75. The molecule has 45 heavy (non-hydrogen) atoms. The van der Waals surface area contributed by atoms with Gasteiger partial charge < -0.3 is 9.47 Å². The molecule has 0 saturated carbocycles. The Balaban J connectivity index is 1.66. The molecule has 4 nitrogen and oxygen atoms in total. The van der Waals surface area contributed by atoms with Crippen LogP contribution in [0.15, 0.2) is 60.7 Å². The van der Waals surface area contributed by atoms with Crippen LogP contribution in [0, 0.1) is 11.6 Å². The first-order chi connectivity index (χ1) is 21.4. The summed E-state index contributed by atoms with van der Waals surface area (Å²) in [5.74, 6) is -3.80. The number of halogens is 5. The highest BCUT2D eigenvalue weighted by molar-refractivity contribution is 5.91. The molecule has 0 heterocycles. The molecule has 0 spiro atoms. The van der Waals surface area contributed by atoms with Crippen molar-refractivity contribution in [3.63, 3.8) is 0 Å². The minimum Gasteiger partial charge on any atom is -0.459 e. The summed E-state index contributed by atoms with van der Waals surface area (Å²) in [6, 6.07) is 14.5. The van der Waals surface area contributed by atoms with E-state index >= 15 is 0 Å². The van der Waals surface area contributed by atoms with E-state index in [0.29, 0.717) is 35.1 Å². The highest BCUT2D eigenvalue weighted by Gasteiger charge is 2.42. The number of ether oxygens (including phenoxy) is 2. The molecule has 3 aromatic rings. The van der Waals surface area contributed by atoms with Gasteiger partial charge in [-0.3, -0.25) is 0 Å². The molecular formula is C36H41F5O4. The van der Waals surface area contributed by atoms with Crippen LogP contribution in [0.3, 0.4) is 0 Å². The van der Waals surface area contributed by atoms with Gasteiger partial charge in [-0.2, -0.15) is 13.2 Å². The van der Waals surface area contributed by atoms with Crippen LogP contribution >= 0.6 is 0 Å². The highest BCUT2D eigenvalue weighted by Crippen LogP contribution is 2.30. The van der Waals surface area contributed by atoms with Gasteiger partial charge in [-0.15, -0.1) is 0 Å². The van der Waals surface area contributed by atoms with Gasteiger partial charge in [0, 0.05) is 0 Å². The number of rotatable bonds is 16. The van der Waals surface area contributed by atoms with Crippen LogP contribution in [0.5, 0.6) is 0 Å². The minimum absolute atomic E-state index is 0.150. The van der Waals surface area contributed by atoms with Crippen LogP contribution in [-0.2, 0) is 9.47 Å². The fourth-order valence-corrected chi connectivity index (χ4v) is 4.98. The van der Waals surface area contributed by atoms with Crippen LogP contribution in [0.25, 0.3) is 22.3 Å². The fourth-order valence-electron chi connectivity index (χ4n) is 4.98. The third-order valence-corrected chi connectivity index (χ3v) is 7.64. The van der Waals surface area contributed by atoms with Crippen molar-refractivity contribution in [2.75, 3.05) is 0 Å². The molecule has 0 radical (unpaired) electrons. The Morgan fingerprint density at radius 3 is 1.47 bits per heavy atom. The van der Waals surface area contributed by atoms with Crippen molar-refractivity contribution in [1.82, 2.24) is 0 Å². The van der Waals surface area contributed by atoms with Gasteiger partial charge in [0.15, 0.2) is 6.10 Å². The Bertz CT molecular complexity index is 1400. The van der Waals surface area contributed by atoms with E-state index in [0.717, 1.165) is 50.7 Å². The zero-order valence-corrected chi connectivity index (χ0v) is 26.0. The van der Waals surface area contributed by atoms with Crippen LogP contribution in [0.2, 0.25) is 0 Å². The van der Waals surface area contributed by atoms with Crippen molar-refractivity contribution in [2.45, 2.75) is 103 Å². The summed E-state index contributed by atoms with van der Waals surface area (Å²) in [5, 5.41) is 0. The van der Waals surface area contributed by atoms with E-state index in [1.54, 1.807) is 37.3 Å². The summed E-state index contributed by atoms with van der Waals surface area (Å²) in [6.45, 7) is 5.84. The number of hydrogen-bond donors (Lipinski definition) is 0. The first-order valence-electron chi connectivity index (χ1n) is 15.6. The summed E-state index contributed by atoms with van der Waals surface area (Å²) < 4.78 is 80.1. The third-order valence-electron chi connectivity index (χ3n) is 7.64. The Labute approximate surface area is 261 Å². The Morgan fingerprint density at radius 1 is 0.622 bits per heavy atom. The molecule has 0 unspecified atom stereocenters. The zero-order chi connectivity index (χ0) is 33.0. The maximum atomic E-state index is 14.9. The molecule has 9 heteroatoms. The number of benzene rings is 3. The van der Waals surface area contributed by atoms with E-state index in [1.807, 2.05) is 6.92 Å². The van der Waals surface area contributed by atoms with Gasteiger partial charge in [-0.05, 0) is 79.1 Å². The maximum Gasteiger partial charge on any atom is 0.425 e. The van der Waals surface area contributed by atoms with E-state index in [-0.39, 0.29) is 24.5 Å². The Kier molecular flexibility index (Phi) is 13.6. The summed E-state index contributed by atoms with van der Waals surface area (Å²) in [6.07, 6.45) is -0.385. The quantitative estimate of drug-likeness (QED) is 0.0896. The summed E-state index contributed by atoms with van der Waals surface area (Å²) in [5.41, 5.74) is 1.37. The summed E-state index contributed by atoms with van der Waals surface area (Å²) in [7, 11) is 0. The first-order valence-corrected chi connectivity index (χ1v) is 15.6. The number of esters is 2. The lowest BCUT2D eigenvalue weighted by molar-refractivity contribution is -0.206. The topological polar surface area (TPSA) is 52.6 Å². The monoisotopic (exact) mass is 632 g/mol. The molecule has 3 aromatic carbocycles. The van der Waals surface area contributed by atoms with Crippen molar-refractivity contribution >= 4 is 11.9 Å². The number of alkyl halides is 3. The number of carbonyl (C=O) groups excluding carboxylic acids is 2. The zero-order valence-electron chi connectivity index (χ0n) is 26.0. The van der Waals surface area contributed by atoms with Crippen LogP contribution in [0.4, 0.5) is 22.0 Å². The molecule has 0 aromatic heterocycles. The van der Waals surface area contributed by atoms with Crippen molar-refractivity contribution in [3.8, 4) is 22.3 Å². The number of hydrogen-bond acceptors (Lipinski definition) is 4. The van der Waals surface area contributed by atoms with Gasteiger partial charge in [-0.25, -0.2) is 18.4 Å². The molecule has 0 aliphatic rings. The molecule has 2 atom stereocenters. The normalized spacial score (nSPS) is 12.9. The molecule has 0 N–H and O–H groups in total. The predicted octanol–water partition coefficient (Wildman–Crippen LogP) is 10.9. The van der Waals surface area contributed by atoms with E-state index in [2.05, 4.69) is 11.7 Å². The second-order valence-electron chi connectivity index (χ2n) is 11.3. The van der Waals surface area contributed by atoms with Gasteiger partial charge in [0.25, 0.3) is 0 Å². The van der Waals surface area contributed by atoms with E-state index in [9.17, 15) is 31.5 Å². The first kappa shape index (κ1) is 35.7. The predicted molar refractivity (Wildman–Crippen MR) is 165 cm³/mol. The summed E-state index contributed by atoms with van der Waals surface area (Å²) in [4.78, 5) is 24.9. The second-order valence-corrected chi connectivity index (χ2v) is 11.3. The Morgan fingerprint density at radius 2 is 1.04 bits per heavy atom. The molecule has 0 saturated heterocycles. The van der Waals surface area contributed by atoms with E-state index < -0.39 is 41.4 Å². The van der Waals surface area contributed by atoms with Gasteiger partial charge in [0.2, 0.25) is 0 Å². The lowest BCUT2D eigenvalue weighted by Gasteiger charge is -2.21. The second kappa shape index (κ2) is 17.1. The summed E-state index contributed by atoms with van der Waals surface area (Å²) >= 11 is 0. The average molecular weight is 633 g/mol. The highest BCUT2D eigenvalue weighted by atomic mass is 19.4. The molecule has 0 amide bonds. The van der Waals surface area contributed by atoms with Crippen molar-refractivity contribution in [1.29, 1.82) is 0 Å². The minimum atomic E-state index is -4.75. The molecule has 0 aliphatic heterocycles. The smallest absolute Gasteiger partial charge is 0.425 e. The van der Waals surface area contributed by atoms with E-state index in [4.69, 9.17) is 4.74 Å². The largest absolute Gasteiger partial charge is 0.459 e. The number of carbonyl (C=O) groups is 2. The van der Waals surface area contributed by atoms with Gasteiger partial charge >= 0.3 is 18.1 Å². The average Bonchev–Trinajstić information content (AvgIpc) is 3.00. The molecule has 0 fully saturated rings. The maximum absolute atomic E-state index is 14.9. The van der Waals surface area contributed by atoms with Crippen LogP contribution in [-0.4, -0.2) is 30.3 Å². The fraction of sp³-hybridized carbons (Fsp3) is 0.444. The van der Waals surface area contributed by atoms with Gasteiger partial charge in [-0.1, -0.05) is 88.8 Å². The molecule has 3 rings (SSSR count). The molecule has 0 bridgehead atoms. The molecular weight excluding hydrogens is 591 g/mol. The van der Waals surface area contributed by atoms with Crippen molar-refractivity contribution < 1.29 is 41.0 Å². The van der Waals surface area contributed by atoms with Crippen LogP contribution in [0.1, 0.15) is 106 Å². The number of unbranched alkanes of at least 4 members (excludes halogenated alkanes) is 6. The van der Waals surface area contributed by atoms with E-state index in [1.165, 1.54) is 18.2 Å².